The standard InChI is InChI=1S/C14H20NO2.C2H5Cl/c1-5-14(16)17-12(2)15(3,4)11-13-9-7-6-8-10-13;1-2-3/h5-10,12H,1,11H2,2-4H3;2H2,1H3/q+1;. The van der Waals surface area contributed by atoms with Gasteiger partial charge in [0.1, 0.15) is 6.54 Å². The average molecular weight is 299 g/mol. The Balaban J connectivity index is 0.00000110. The molecule has 0 aliphatic carbocycles. The number of esters is 1. The van der Waals surface area contributed by atoms with Gasteiger partial charge in [0.15, 0.2) is 0 Å². The van der Waals surface area contributed by atoms with Crippen LogP contribution < -0.4 is 0 Å². The Labute approximate surface area is 127 Å². The third kappa shape index (κ3) is 7.31. The molecular weight excluding hydrogens is 274 g/mol. The molecule has 3 nitrogen and oxygen atoms in total. The number of hydrogen-bond acceptors (Lipinski definition) is 2. The third-order valence-corrected chi connectivity index (χ3v) is 2.87. The molecule has 0 N–H and O–H groups in total. The molecule has 1 rings (SSSR count). The van der Waals surface area contributed by atoms with E-state index in [1.807, 2.05) is 46.1 Å². The van der Waals surface area contributed by atoms with Crippen molar-refractivity contribution in [1.82, 2.24) is 0 Å². The summed E-state index contributed by atoms with van der Waals surface area (Å²) < 4.78 is 5.84. The summed E-state index contributed by atoms with van der Waals surface area (Å²) in [5.74, 6) is 0.344. The van der Waals surface area contributed by atoms with Crippen LogP contribution in [0.3, 0.4) is 0 Å². The molecule has 0 bridgehead atoms. The van der Waals surface area contributed by atoms with Gasteiger partial charge in [0, 0.05) is 24.4 Å². The van der Waals surface area contributed by atoms with Crippen molar-refractivity contribution >= 4 is 17.6 Å². The Bertz CT molecular complexity index is 404. The molecular formula is C16H25ClNO2+. The molecule has 1 atom stereocenters. The second-order valence-corrected chi connectivity index (χ2v) is 5.46. The number of alkyl halides is 1. The van der Waals surface area contributed by atoms with Crippen molar-refractivity contribution in [3.05, 3.63) is 48.6 Å². The molecule has 0 radical (unpaired) electrons. The highest BCUT2D eigenvalue weighted by atomic mass is 35.5. The zero-order valence-electron chi connectivity index (χ0n) is 12.8. The van der Waals surface area contributed by atoms with Crippen LogP contribution in [0.4, 0.5) is 0 Å². The number of halogens is 1. The maximum absolute atomic E-state index is 11.2. The second kappa shape index (κ2) is 9.56. The third-order valence-electron chi connectivity index (χ3n) is 2.87. The highest BCUT2D eigenvalue weighted by molar-refractivity contribution is 6.17. The zero-order valence-corrected chi connectivity index (χ0v) is 13.6. The number of carbonyl (C=O) groups is 1. The van der Waals surface area contributed by atoms with Gasteiger partial charge in [0.05, 0.1) is 14.1 Å². The molecule has 0 saturated heterocycles. The average Bonchev–Trinajstić information content (AvgIpc) is 2.40. The number of ether oxygens (including phenoxy) is 1. The van der Waals surface area contributed by atoms with Gasteiger partial charge in [-0.2, -0.15) is 0 Å². The van der Waals surface area contributed by atoms with E-state index in [0.717, 1.165) is 12.4 Å². The lowest BCUT2D eigenvalue weighted by Crippen LogP contribution is -2.48. The van der Waals surface area contributed by atoms with Crippen molar-refractivity contribution < 1.29 is 14.0 Å². The number of rotatable bonds is 5. The second-order valence-electron chi connectivity index (χ2n) is 4.93. The van der Waals surface area contributed by atoms with Gasteiger partial charge in [0.25, 0.3) is 0 Å². The van der Waals surface area contributed by atoms with Crippen molar-refractivity contribution in [3.8, 4) is 0 Å². The first kappa shape index (κ1) is 18.7. The minimum absolute atomic E-state index is 0.208. The number of benzene rings is 1. The van der Waals surface area contributed by atoms with E-state index in [0.29, 0.717) is 4.48 Å². The van der Waals surface area contributed by atoms with E-state index in [9.17, 15) is 4.79 Å². The van der Waals surface area contributed by atoms with Crippen molar-refractivity contribution in [1.29, 1.82) is 0 Å². The van der Waals surface area contributed by atoms with E-state index < -0.39 is 0 Å². The summed E-state index contributed by atoms with van der Waals surface area (Å²) in [6.07, 6.45) is 0.986. The summed E-state index contributed by atoms with van der Waals surface area (Å²) in [5, 5.41) is 0. The quantitative estimate of drug-likeness (QED) is 0.273. The lowest BCUT2D eigenvalue weighted by atomic mass is 10.2. The minimum Gasteiger partial charge on any atom is -0.410 e. The van der Waals surface area contributed by atoms with Gasteiger partial charge in [-0.3, -0.25) is 4.48 Å². The fourth-order valence-corrected chi connectivity index (χ4v) is 1.54. The molecule has 0 aliphatic rings. The van der Waals surface area contributed by atoms with Gasteiger partial charge < -0.3 is 4.74 Å². The first-order chi connectivity index (χ1) is 9.37. The van der Waals surface area contributed by atoms with Gasteiger partial charge in [-0.05, 0) is 0 Å². The molecule has 0 heterocycles. The molecule has 1 unspecified atom stereocenters. The molecule has 0 aliphatic heterocycles. The Morgan fingerprint density at radius 3 is 2.35 bits per heavy atom. The van der Waals surface area contributed by atoms with Crippen LogP contribution in [0.25, 0.3) is 0 Å². The van der Waals surface area contributed by atoms with Crippen molar-refractivity contribution in [3.63, 3.8) is 0 Å². The number of carbonyl (C=O) groups excluding carboxylic acids is 1. The van der Waals surface area contributed by atoms with Crippen molar-refractivity contribution in [2.24, 2.45) is 0 Å². The van der Waals surface area contributed by atoms with E-state index in [2.05, 4.69) is 18.7 Å². The van der Waals surface area contributed by atoms with Crippen LogP contribution in [0.2, 0.25) is 0 Å². The van der Waals surface area contributed by atoms with E-state index in [4.69, 9.17) is 16.3 Å². The van der Waals surface area contributed by atoms with Gasteiger partial charge >= 0.3 is 5.97 Å². The maximum Gasteiger partial charge on any atom is 0.334 e. The molecule has 1 aromatic carbocycles. The molecule has 112 valence electrons. The summed E-state index contributed by atoms with van der Waals surface area (Å²) in [5.41, 5.74) is 1.22. The summed E-state index contributed by atoms with van der Waals surface area (Å²) in [4.78, 5) is 11.2. The normalized spacial score (nSPS) is 11.8. The topological polar surface area (TPSA) is 26.3 Å². The fraction of sp³-hybridized carbons (Fsp3) is 0.438. The van der Waals surface area contributed by atoms with Gasteiger partial charge in [-0.25, -0.2) is 4.79 Å². The molecule has 0 saturated carbocycles. The van der Waals surface area contributed by atoms with Crippen LogP contribution in [-0.4, -0.2) is 36.7 Å². The molecule has 0 fully saturated rings. The summed E-state index contributed by atoms with van der Waals surface area (Å²) in [6.45, 7) is 7.99. The van der Waals surface area contributed by atoms with Gasteiger partial charge in [-0.1, -0.05) is 43.8 Å². The fourth-order valence-electron chi connectivity index (χ4n) is 1.54. The Kier molecular flexibility index (Phi) is 8.93. The summed E-state index contributed by atoms with van der Waals surface area (Å²) in [7, 11) is 4.07. The summed E-state index contributed by atoms with van der Waals surface area (Å²) >= 11 is 5.00. The Morgan fingerprint density at radius 2 is 1.90 bits per heavy atom. The summed E-state index contributed by atoms with van der Waals surface area (Å²) in [6, 6.07) is 10.2. The van der Waals surface area contributed by atoms with Crippen molar-refractivity contribution in [2.45, 2.75) is 26.6 Å². The largest absolute Gasteiger partial charge is 0.410 e. The lowest BCUT2D eigenvalue weighted by Gasteiger charge is -2.34. The van der Waals surface area contributed by atoms with Gasteiger partial charge in [-0.15, -0.1) is 11.6 Å². The Morgan fingerprint density at radius 1 is 1.40 bits per heavy atom. The van der Waals surface area contributed by atoms with Crippen LogP contribution in [0, 0.1) is 0 Å². The molecule has 0 aromatic heterocycles. The highest BCUT2D eigenvalue weighted by Gasteiger charge is 2.26. The highest BCUT2D eigenvalue weighted by Crippen LogP contribution is 2.14. The van der Waals surface area contributed by atoms with E-state index >= 15 is 0 Å². The smallest absolute Gasteiger partial charge is 0.334 e. The van der Waals surface area contributed by atoms with Crippen LogP contribution >= 0.6 is 11.6 Å². The molecule has 4 heteroatoms. The molecule has 0 spiro atoms. The predicted molar refractivity (Wildman–Crippen MR) is 84.4 cm³/mol. The molecule has 1 aromatic rings. The van der Waals surface area contributed by atoms with E-state index in [-0.39, 0.29) is 12.2 Å². The van der Waals surface area contributed by atoms with Crippen LogP contribution in [0.1, 0.15) is 19.4 Å². The maximum atomic E-state index is 11.2. The van der Waals surface area contributed by atoms with Gasteiger partial charge in [0.2, 0.25) is 6.23 Å². The molecule has 0 amide bonds. The first-order valence-corrected chi connectivity index (χ1v) is 7.16. The zero-order chi connectivity index (χ0) is 15.6. The van der Waals surface area contributed by atoms with Crippen molar-refractivity contribution in [2.75, 3.05) is 20.0 Å². The van der Waals surface area contributed by atoms with E-state index in [1.165, 1.54) is 11.6 Å². The number of nitrogens with zero attached hydrogens (tertiary/aromatic N) is 1. The van der Waals surface area contributed by atoms with Crippen LogP contribution in [0.5, 0.6) is 0 Å². The predicted octanol–water partition coefficient (Wildman–Crippen LogP) is 3.58. The minimum atomic E-state index is -0.378. The molecule has 20 heavy (non-hydrogen) atoms. The Hall–Kier alpha value is -1.32. The van der Waals surface area contributed by atoms with Crippen LogP contribution in [-0.2, 0) is 16.1 Å². The SMILES string of the molecule is C=CC(=O)OC(C)[N+](C)(C)Cc1ccccc1.CCCl. The monoisotopic (exact) mass is 298 g/mol. The van der Waals surface area contributed by atoms with E-state index in [1.54, 1.807) is 0 Å². The first-order valence-electron chi connectivity index (χ1n) is 6.63. The van der Waals surface area contributed by atoms with Crippen LogP contribution in [0.15, 0.2) is 43.0 Å². The number of hydrogen-bond donors (Lipinski definition) is 0. The lowest BCUT2D eigenvalue weighted by molar-refractivity contribution is -0.945. The number of quaternary nitrogens is 1.